The van der Waals surface area contributed by atoms with Gasteiger partial charge in [0.2, 0.25) is 0 Å². The largest absolute Gasteiger partial charge is 0.481 e. The maximum atomic E-state index is 10.9. The number of benzene rings is 1. The lowest BCUT2D eigenvalue weighted by molar-refractivity contribution is -0.137. The van der Waals surface area contributed by atoms with E-state index < -0.39 is 16.1 Å². The lowest BCUT2D eigenvalue weighted by atomic mass is 10.2. The molecule has 100 valence electrons. The quantitative estimate of drug-likeness (QED) is 0.446. The van der Waals surface area contributed by atoms with E-state index in [4.69, 9.17) is 9.66 Å². The third kappa shape index (κ3) is 4.70. The van der Waals surface area contributed by atoms with Crippen molar-refractivity contribution in [3.05, 3.63) is 24.3 Å². The molecule has 0 aliphatic carbocycles. The number of carbonyl (C=O) groups is 1. The summed E-state index contributed by atoms with van der Waals surface area (Å²) < 4.78 is 30.7. The van der Waals surface area contributed by atoms with Crippen LogP contribution < -0.4 is 10.9 Å². The SMILES string of the molecule is CC(CC(=O)O)NNc1cccc(S(=O)(=O)O)c1. The number of nitrogens with one attached hydrogen (secondary N) is 2. The molecule has 1 rings (SSSR count). The molecule has 0 bridgehead atoms. The lowest BCUT2D eigenvalue weighted by Gasteiger charge is -2.14. The highest BCUT2D eigenvalue weighted by Crippen LogP contribution is 2.14. The van der Waals surface area contributed by atoms with Crippen LogP contribution in [0, 0.1) is 0 Å². The molecule has 0 fully saturated rings. The van der Waals surface area contributed by atoms with E-state index in [1.165, 1.54) is 18.2 Å². The summed E-state index contributed by atoms with van der Waals surface area (Å²) in [7, 11) is -4.24. The Hall–Kier alpha value is -1.64. The Bertz CT molecular complexity index is 529. The van der Waals surface area contributed by atoms with Gasteiger partial charge in [-0.1, -0.05) is 6.07 Å². The highest BCUT2D eigenvalue weighted by molar-refractivity contribution is 7.85. The first-order valence-electron chi connectivity index (χ1n) is 5.10. The van der Waals surface area contributed by atoms with Crippen LogP contribution in [-0.4, -0.2) is 30.1 Å². The average molecular weight is 274 g/mol. The summed E-state index contributed by atoms with van der Waals surface area (Å²) >= 11 is 0. The zero-order chi connectivity index (χ0) is 13.8. The minimum absolute atomic E-state index is 0.0784. The molecular weight excluding hydrogens is 260 g/mol. The third-order valence-corrected chi connectivity index (χ3v) is 2.93. The molecule has 8 heteroatoms. The molecule has 0 spiro atoms. The number of carboxylic acids is 1. The standard InChI is InChI=1S/C10H14N2O5S/c1-7(5-10(13)14)11-12-8-3-2-4-9(6-8)18(15,16)17/h2-4,6-7,11-12H,5H2,1H3,(H,13,14)(H,15,16,17). The van der Waals surface area contributed by atoms with Crippen molar-refractivity contribution >= 4 is 21.8 Å². The van der Waals surface area contributed by atoms with E-state index in [1.54, 1.807) is 13.0 Å². The minimum Gasteiger partial charge on any atom is -0.481 e. The number of hydrazine groups is 1. The summed E-state index contributed by atoms with van der Waals surface area (Å²) in [5.41, 5.74) is 5.78. The van der Waals surface area contributed by atoms with Crippen molar-refractivity contribution in [1.29, 1.82) is 0 Å². The number of rotatable bonds is 6. The zero-order valence-electron chi connectivity index (χ0n) is 9.62. The molecule has 0 heterocycles. The van der Waals surface area contributed by atoms with Gasteiger partial charge in [-0.05, 0) is 25.1 Å². The first-order valence-corrected chi connectivity index (χ1v) is 6.54. The minimum atomic E-state index is -4.24. The Morgan fingerprint density at radius 1 is 1.44 bits per heavy atom. The molecule has 0 saturated carbocycles. The predicted octanol–water partition coefficient (Wildman–Crippen LogP) is 0.713. The van der Waals surface area contributed by atoms with Crippen LogP contribution in [0.2, 0.25) is 0 Å². The summed E-state index contributed by atoms with van der Waals surface area (Å²) in [6.07, 6.45) is -0.0784. The molecule has 18 heavy (non-hydrogen) atoms. The Morgan fingerprint density at radius 3 is 2.67 bits per heavy atom. The molecule has 1 aromatic carbocycles. The van der Waals surface area contributed by atoms with Gasteiger partial charge < -0.3 is 10.5 Å². The van der Waals surface area contributed by atoms with Crippen LogP contribution in [0.15, 0.2) is 29.2 Å². The van der Waals surface area contributed by atoms with Crippen molar-refractivity contribution < 1.29 is 22.9 Å². The van der Waals surface area contributed by atoms with Gasteiger partial charge in [-0.25, -0.2) is 5.43 Å². The molecule has 4 N–H and O–H groups in total. The molecule has 0 saturated heterocycles. The molecule has 1 aromatic rings. The van der Waals surface area contributed by atoms with Gasteiger partial charge in [0.05, 0.1) is 17.0 Å². The van der Waals surface area contributed by atoms with Crippen LogP contribution in [0.4, 0.5) is 5.69 Å². The molecule has 0 amide bonds. The molecule has 0 aliphatic heterocycles. The van der Waals surface area contributed by atoms with Crippen LogP contribution in [0.1, 0.15) is 13.3 Å². The maximum Gasteiger partial charge on any atom is 0.304 e. The van der Waals surface area contributed by atoms with Crippen LogP contribution in [-0.2, 0) is 14.9 Å². The number of anilines is 1. The summed E-state index contributed by atoms with van der Waals surface area (Å²) in [6, 6.07) is 5.18. The molecule has 0 radical (unpaired) electrons. The normalized spacial score (nSPS) is 13.0. The lowest BCUT2D eigenvalue weighted by Crippen LogP contribution is -2.33. The topological polar surface area (TPSA) is 116 Å². The summed E-state index contributed by atoms with van der Waals surface area (Å²) in [5, 5.41) is 8.55. The van der Waals surface area contributed by atoms with E-state index in [9.17, 15) is 13.2 Å². The van der Waals surface area contributed by atoms with E-state index in [2.05, 4.69) is 10.9 Å². The Morgan fingerprint density at radius 2 is 2.11 bits per heavy atom. The van der Waals surface area contributed by atoms with Crippen LogP contribution in [0.5, 0.6) is 0 Å². The van der Waals surface area contributed by atoms with Crippen molar-refractivity contribution in [2.75, 3.05) is 5.43 Å². The second kappa shape index (κ2) is 5.80. The highest BCUT2D eigenvalue weighted by Gasteiger charge is 2.10. The number of hydrogen-bond donors (Lipinski definition) is 4. The fourth-order valence-electron chi connectivity index (χ4n) is 1.25. The highest BCUT2D eigenvalue weighted by atomic mass is 32.2. The number of hydrogen-bond acceptors (Lipinski definition) is 5. The molecule has 1 atom stereocenters. The van der Waals surface area contributed by atoms with Gasteiger partial charge in [0, 0.05) is 6.04 Å². The molecule has 1 unspecified atom stereocenters. The van der Waals surface area contributed by atoms with Gasteiger partial charge in [0.15, 0.2) is 0 Å². The second-order valence-electron chi connectivity index (χ2n) is 3.77. The monoisotopic (exact) mass is 274 g/mol. The summed E-state index contributed by atoms with van der Waals surface area (Å²) in [5.74, 6) is -0.941. The van der Waals surface area contributed by atoms with E-state index in [1.807, 2.05) is 0 Å². The van der Waals surface area contributed by atoms with Gasteiger partial charge >= 0.3 is 5.97 Å². The van der Waals surface area contributed by atoms with Gasteiger partial charge in [-0.15, -0.1) is 0 Å². The number of aliphatic carboxylic acids is 1. The second-order valence-corrected chi connectivity index (χ2v) is 5.19. The third-order valence-electron chi connectivity index (χ3n) is 2.08. The van der Waals surface area contributed by atoms with Crippen molar-refractivity contribution in [3.63, 3.8) is 0 Å². The van der Waals surface area contributed by atoms with Crippen LogP contribution in [0.3, 0.4) is 0 Å². The maximum absolute atomic E-state index is 10.9. The van der Waals surface area contributed by atoms with E-state index >= 15 is 0 Å². The summed E-state index contributed by atoms with van der Waals surface area (Å²) in [4.78, 5) is 10.2. The van der Waals surface area contributed by atoms with Crippen LogP contribution >= 0.6 is 0 Å². The van der Waals surface area contributed by atoms with E-state index in [-0.39, 0.29) is 17.4 Å². The van der Waals surface area contributed by atoms with Crippen molar-refractivity contribution in [3.8, 4) is 0 Å². The molecular formula is C10H14N2O5S. The zero-order valence-corrected chi connectivity index (χ0v) is 10.4. The summed E-state index contributed by atoms with van der Waals surface area (Å²) in [6.45, 7) is 1.66. The predicted molar refractivity (Wildman–Crippen MR) is 64.7 cm³/mol. The van der Waals surface area contributed by atoms with Crippen molar-refractivity contribution in [1.82, 2.24) is 5.43 Å². The van der Waals surface area contributed by atoms with Gasteiger partial charge in [-0.2, -0.15) is 8.42 Å². The van der Waals surface area contributed by atoms with Gasteiger partial charge in [0.25, 0.3) is 10.1 Å². The van der Waals surface area contributed by atoms with Gasteiger partial charge in [0.1, 0.15) is 0 Å². The fraction of sp³-hybridized carbons (Fsp3) is 0.300. The first kappa shape index (κ1) is 14.4. The fourth-order valence-corrected chi connectivity index (χ4v) is 1.78. The Labute approximate surface area is 105 Å². The van der Waals surface area contributed by atoms with E-state index in [0.29, 0.717) is 5.69 Å². The molecule has 7 nitrogen and oxygen atoms in total. The van der Waals surface area contributed by atoms with Crippen LogP contribution in [0.25, 0.3) is 0 Å². The van der Waals surface area contributed by atoms with E-state index in [0.717, 1.165) is 0 Å². The smallest absolute Gasteiger partial charge is 0.304 e. The van der Waals surface area contributed by atoms with Crippen molar-refractivity contribution in [2.24, 2.45) is 0 Å². The molecule has 0 aromatic heterocycles. The average Bonchev–Trinajstić information content (AvgIpc) is 2.25. The number of carboxylic acid groups (broad SMARTS) is 1. The first-order chi connectivity index (χ1) is 8.29. The Kier molecular flexibility index (Phi) is 4.65. The molecule has 0 aliphatic rings. The van der Waals surface area contributed by atoms with Crippen molar-refractivity contribution in [2.45, 2.75) is 24.3 Å². The Balaban J connectivity index is 2.66. The van der Waals surface area contributed by atoms with Gasteiger partial charge in [-0.3, -0.25) is 9.35 Å².